The Labute approximate surface area is 130 Å². The van der Waals surface area contributed by atoms with Crippen molar-refractivity contribution in [1.82, 2.24) is 5.43 Å². The Balaban J connectivity index is 1.62. The highest BCUT2D eigenvalue weighted by atomic mass is 16.5. The number of hydrazone groups is 1. The van der Waals surface area contributed by atoms with Gasteiger partial charge in [0.15, 0.2) is 0 Å². The molecule has 0 aliphatic heterocycles. The zero-order valence-corrected chi connectivity index (χ0v) is 13.0. The van der Waals surface area contributed by atoms with Gasteiger partial charge in [0.25, 0.3) is 0 Å². The third-order valence-electron chi connectivity index (χ3n) is 5.23. The second-order valence-electron chi connectivity index (χ2n) is 6.49. The normalized spacial score (nSPS) is 29.9. The average molecular weight is 302 g/mol. The summed E-state index contributed by atoms with van der Waals surface area (Å²) in [7, 11) is 1.56. The van der Waals surface area contributed by atoms with Crippen LogP contribution in [0.15, 0.2) is 23.3 Å². The Kier molecular flexibility index (Phi) is 3.81. The van der Waals surface area contributed by atoms with E-state index < -0.39 is 0 Å². The molecule has 3 atom stereocenters. The fourth-order valence-electron chi connectivity index (χ4n) is 3.85. The average Bonchev–Trinajstić information content (AvgIpc) is 3.14. The first-order chi connectivity index (χ1) is 10.6. The number of benzene rings is 1. The molecule has 1 amide bonds. The molecule has 0 bridgehead atoms. The van der Waals surface area contributed by atoms with E-state index in [-0.39, 0.29) is 23.0 Å². The van der Waals surface area contributed by atoms with Gasteiger partial charge in [-0.05, 0) is 42.4 Å². The molecule has 0 heterocycles. The number of carbonyl (C=O) groups is 1. The van der Waals surface area contributed by atoms with Crippen molar-refractivity contribution in [3.05, 3.63) is 23.8 Å². The van der Waals surface area contributed by atoms with E-state index in [1.807, 2.05) is 0 Å². The molecule has 5 nitrogen and oxygen atoms in total. The maximum Gasteiger partial charge on any atom is 0.244 e. The molecule has 0 saturated heterocycles. The Morgan fingerprint density at radius 2 is 2.32 bits per heavy atom. The van der Waals surface area contributed by atoms with E-state index in [2.05, 4.69) is 17.5 Å². The summed E-state index contributed by atoms with van der Waals surface area (Å²) in [5.74, 6) is 1.33. The van der Waals surface area contributed by atoms with Crippen LogP contribution in [0.2, 0.25) is 0 Å². The van der Waals surface area contributed by atoms with Crippen molar-refractivity contribution in [3.8, 4) is 11.5 Å². The van der Waals surface area contributed by atoms with E-state index >= 15 is 0 Å². The molecular weight excluding hydrogens is 280 g/mol. The molecule has 0 unspecified atom stereocenters. The molecule has 1 aromatic rings. The van der Waals surface area contributed by atoms with Gasteiger partial charge in [0.05, 0.1) is 13.3 Å². The summed E-state index contributed by atoms with van der Waals surface area (Å²) in [6, 6.07) is 4.88. The summed E-state index contributed by atoms with van der Waals surface area (Å²) in [5, 5.41) is 13.8. The number of aromatic hydroxyl groups is 1. The number of phenolic OH excluding ortho intramolecular Hbond substituents is 1. The minimum absolute atomic E-state index is 0.00645. The molecular formula is C17H22N2O3. The maximum absolute atomic E-state index is 12.3. The van der Waals surface area contributed by atoms with Crippen LogP contribution in [0.3, 0.4) is 0 Å². The number of nitrogens with one attached hydrogen (secondary N) is 1. The lowest BCUT2D eigenvalue weighted by Crippen LogP contribution is -2.22. The van der Waals surface area contributed by atoms with Gasteiger partial charge in [-0.1, -0.05) is 19.8 Å². The Hall–Kier alpha value is -2.04. The lowest BCUT2D eigenvalue weighted by molar-refractivity contribution is -0.123. The van der Waals surface area contributed by atoms with E-state index in [0.29, 0.717) is 17.2 Å². The lowest BCUT2D eigenvalue weighted by atomic mass is 9.90. The largest absolute Gasteiger partial charge is 0.507 e. The molecule has 2 fully saturated rings. The fraction of sp³-hybridized carbons (Fsp3) is 0.529. The number of carbonyl (C=O) groups excluding carboxylic acids is 1. The molecule has 22 heavy (non-hydrogen) atoms. The first kappa shape index (κ1) is 14.9. The van der Waals surface area contributed by atoms with E-state index in [9.17, 15) is 9.90 Å². The van der Waals surface area contributed by atoms with Crippen LogP contribution < -0.4 is 10.2 Å². The van der Waals surface area contributed by atoms with Crippen LogP contribution in [0.25, 0.3) is 0 Å². The number of hydrogen-bond donors (Lipinski definition) is 2. The number of hydrogen-bond acceptors (Lipinski definition) is 4. The second kappa shape index (κ2) is 5.63. The summed E-state index contributed by atoms with van der Waals surface area (Å²) in [6.45, 7) is 2.21. The van der Waals surface area contributed by atoms with Crippen molar-refractivity contribution in [2.24, 2.45) is 22.4 Å². The number of ether oxygens (including phenoxy) is 1. The van der Waals surface area contributed by atoms with Crippen LogP contribution in [0.5, 0.6) is 11.5 Å². The summed E-state index contributed by atoms with van der Waals surface area (Å²) < 4.78 is 5.10. The van der Waals surface area contributed by atoms with Gasteiger partial charge in [0, 0.05) is 11.5 Å². The van der Waals surface area contributed by atoms with Crippen LogP contribution in [0, 0.1) is 17.3 Å². The van der Waals surface area contributed by atoms with Crippen LogP contribution >= 0.6 is 0 Å². The standard InChI is InChI=1S/C17H22N2O3/c1-17-8-4-3-5-13(17)15(17)16(21)19-18-10-11-9-12(22-2)6-7-14(11)20/h6-7,9-10,13,15,20H,3-5,8H2,1-2H3,(H,19,21)/b18-10-/t13-,15-,17-/m1/s1. The van der Waals surface area contributed by atoms with E-state index in [0.717, 1.165) is 12.8 Å². The fourth-order valence-corrected chi connectivity index (χ4v) is 3.85. The van der Waals surface area contributed by atoms with Crippen molar-refractivity contribution in [2.75, 3.05) is 7.11 Å². The number of methoxy groups -OCH3 is 1. The van der Waals surface area contributed by atoms with Crippen LogP contribution in [0.1, 0.15) is 38.2 Å². The van der Waals surface area contributed by atoms with Gasteiger partial charge in [-0.15, -0.1) is 0 Å². The van der Waals surface area contributed by atoms with Crippen molar-refractivity contribution in [3.63, 3.8) is 0 Å². The molecule has 5 heteroatoms. The number of rotatable bonds is 4. The SMILES string of the molecule is COc1ccc(O)c(/C=N\NC(=O)[C@H]2[C@H]3CCCC[C@]32C)c1. The Bertz CT molecular complexity index is 614. The summed E-state index contributed by atoms with van der Waals surface area (Å²) in [6.07, 6.45) is 6.18. The van der Waals surface area contributed by atoms with Gasteiger partial charge < -0.3 is 9.84 Å². The van der Waals surface area contributed by atoms with Crippen LogP contribution in [-0.2, 0) is 4.79 Å². The first-order valence-corrected chi connectivity index (χ1v) is 7.76. The molecule has 0 spiro atoms. The number of amides is 1. The highest BCUT2D eigenvalue weighted by Gasteiger charge is 2.64. The van der Waals surface area contributed by atoms with Crippen molar-refractivity contribution in [2.45, 2.75) is 32.6 Å². The van der Waals surface area contributed by atoms with Gasteiger partial charge in [-0.2, -0.15) is 5.10 Å². The topological polar surface area (TPSA) is 70.9 Å². The van der Waals surface area contributed by atoms with Gasteiger partial charge in [0.1, 0.15) is 11.5 Å². The molecule has 2 aliphatic rings. The van der Waals surface area contributed by atoms with Crippen LogP contribution in [-0.4, -0.2) is 24.3 Å². The van der Waals surface area contributed by atoms with E-state index in [4.69, 9.17) is 4.74 Å². The summed E-state index contributed by atoms with van der Waals surface area (Å²) in [4.78, 5) is 12.3. The second-order valence-corrected chi connectivity index (χ2v) is 6.49. The number of fused-ring (bicyclic) bond motifs is 1. The molecule has 0 aromatic heterocycles. The Morgan fingerprint density at radius 3 is 3.00 bits per heavy atom. The molecule has 2 saturated carbocycles. The van der Waals surface area contributed by atoms with Gasteiger partial charge in [-0.3, -0.25) is 4.79 Å². The highest BCUT2D eigenvalue weighted by molar-refractivity contribution is 5.87. The quantitative estimate of drug-likeness (QED) is 0.663. The van der Waals surface area contributed by atoms with Gasteiger partial charge in [-0.25, -0.2) is 5.43 Å². The van der Waals surface area contributed by atoms with Crippen molar-refractivity contribution >= 4 is 12.1 Å². The minimum atomic E-state index is -0.00645. The predicted molar refractivity (Wildman–Crippen MR) is 84.0 cm³/mol. The zero-order chi connectivity index (χ0) is 15.7. The summed E-state index contributed by atoms with van der Waals surface area (Å²) >= 11 is 0. The monoisotopic (exact) mass is 302 g/mol. The minimum Gasteiger partial charge on any atom is -0.507 e. The molecule has 0 radical (unpaired) electrons. The molecule has 2 N–H and O–H groups in total. The lowest BCUT2D eigenvalue weighted by Gasteiger charge is -2.15. The summed E-state index contributed by atoms with van der Waals surface area (Å²) in [5.41, 5.74) is 3.31. The highest BCUT2D eigenvalue weighted by Crippen LogP contribution is 2.66. The smallest absolute Gasteiger partial charge is 0.244 e. The molecule has 1 aromatic carbocycles. The number of nitrogens with zero attached hydrogens (tertiary/aromatic N) is 1. The predicted octanol–water partition coefficient (Wildman–Crippen LogP) is 2.68. The third kappa shape index (κ3) is 2.56. The molecule has 118 valence electrons. The van der Waals surface area contributed by atoms with Crippen molar-refractivity contribution in [1.29, 1.82) is 0 Å². The van der Waals surface area contributed by atoms with Crippen LogP contribution in [0.4, 0.5) is 0 Å². The number of phenols is 1. The van der Waals surface area contributed by atoms with Gasteiger partial charge >= 0.3 is 0 Å². The van der Waals surface area contributed by atoms with Crippen molar-refractivity contribution < 1.29 is 14.6 Å². The maximum atomic E-state index is 12.3. The third-order valence-corrected chi connectivity index (χ3v) is 5.23. The first-order valence-electron chi connectivity index (χ1n) is 7.76. The van der Waals surface area contributed by atoms with E-state index in [1.165, 1.54) is 19.1 Å². The molecule has 2 aliphatic carbocycles. The Morgan fingerprint density at radius 1 is 1.50 bits per heavy atom. The zero-order valence-electron chi connectivity index (χ0n) is 13.0. The van der Waals surface area contributed by atoms with Gasteiger partial charge in [0.2, 0.25) is 5.91 Å². The van der Waals surface area contributed by atoms with E-state index in [1.54, 1.807) is 25.3 Å². The molecule has 3 rings (SSSR count).